The van der Waals surface area contributed by atoms with Crippen molar-refractivity contribution in [1.29, 1.82) is 0 Å². The molecule has 3 N–H and O–H groups in total. The summed E-state index contributed by atoms with van der Waals surface area (Å²) in [6.07, 6.45) is 8.57. The Morgan fingerprint density at radius 1 is 1.00 bits per heavy atom. The number of rotatable bonds is 9. The summed E-state index contributed by atoms with van der Waals surface area (Å²) in [7, 11) is 0. The normalized spacial score (nSPS) is 10.2. The van der Waals surface area contributed by atoms with Crippen molar-refractivity contribution in [3.8, 4) is 23.6 Å². The largest absolute Gasteiger partial charge is 0.385 e. The van der Waals surface area contributed by atoms with Gasteiger partial charge in [0, 0.05) is 23.2 Å². The van der Waals surface area contributed by atoms with Gasteiger partial charge in [0.05, 0.1) is 17.6 Å². The van der Waals surface area contributed by atoms with Crippen LogP contribution in [-0.2, 0) is 0 Å². The number of aromatic amines is 1. The molecule has 1 heterocycles. The molecule has 0 aliphatic heterocycles. The zero-order valence-corrected chi connectivity index (χ0v) is 16.5. The Balaban J connectivity index is 0.00000280. The van der Waals surface area contributed by atoms with E-state index >= 15 is 0 Å². The van der Waals surface area contributed by atoms with Crippen LogP contribution in [0.4, 0.5) is 5.69 Å². The SMILES string of the molecule is C#CCNCCCCCNc1cccc(-c2n[nH]c(=O)c3ccccc23)c1.Cl. The highest BCUT2D eigenvalue weighted by molar-refractivity contribution is 5.94. The van der Waals surface area contributed by atoms with Crippen LogP contribution in [0.3, 0.4) is 0 Å². The molecule has 0 saturated heterocycles. The van der Waals surface area contributed by atoms with Gasteiger partial charge in [-0.05, 0) is 37.6 Å². The maximum absolute atomic E-state index is 12.0. The van der Waals surface area contributed by atoms with Crippen LogP contribution in [0.2, 0.25) is 0 Å². The Morgan fingerprint density at radius 2 is 1.79 bits per heavy atom. The van der Waals surface area contributed by atoms with Gasteiger partial charge in [-0.2, -0.15) is 5.10 Å². The molecule has 0 atom stereocenters. The first-order chi connectivity index (χ1) is 13.3. The summed E-state index contributed by atoms with van der Waals surface area (Å²) >= 11 is 0. The van der Waals surface area contributed by atoms with Crippen LogP contribution in [0.1, 0.15) is 19.3 Å². The molecule has 0 unspecified atom stereocenters. The van der Waals surface area contributed by atoms with Crippen molar-refractivity contribution < 1.29 is 0 Å². The van der Waals surface area contributed by atoms with E-state index in [1.54, 1.807) is 0 Å². The van der Waals surface area contributed by atoms with Crippen LogP contribution in [0, 0.1) is 12.3 Å². The van der Waals surface area contributed by atoms with E-state index in [0.29, 0.717) is 11.9 Å². The third-order valence-electron chi connectivity index (χ3n) is 4.42. The van der Waals surface area contributed by atoms with Crippen molar-refractivity contribution in [1.82, 2.24) is 15.5 Å². The van der Waals surface area contributed by atoms with E-state index in [9.17, 15) is 4.79 Å². The zero-order chi connectivity index (χ0) is 18.9. The molecule has 0 radical (unpaired) electrons. The number of nitrogens with one attached hydrogen (secondary N) is 3. The first-order valence-electron chi connectivity index (χ1n) is 9.25. The van der Waals surface area contributed by atoms with E-state index in [4.69, 9.17) is 6.42 Å². The molecule has 1 aromatic heterocycles. The topological polar surface area (TPSA) is 69.8 Å². The lowest BCUT2D eigenvalue weighted by Gasteiger charge is -2.09. The highest BCUT2D eigenvalue weighted by Crippen LogP contribution is 2.26. The van der Waals surface area contributed by atoms with Gasteiger partial charge in [-0.15, -0.1) is 18.8 Å². The van der Waals surface area contributed by atoms with Crippen molar-refractivity contribution in [2.24, 2.45) is 0 Å². The molecule has 0 saturated carbocycles. The Morgan fingerprint density at radius 3 is 2.61 bits per heavy atom. The minimum Gasteiger partial charge on any atom is -0.385 e. The van der Waals surface area contributed by atoms with Crippen molar-refractivity contribution in [2.45, 2.75) is 19.3 Å². The lowest BCUT2D eigenvalue weighted by atomic mass is 10.0. The van der Waals surface area contributed by atoms with Crippen LogP contribution in [0.5, 0.6) is 0 Å². The van der Waals surface area contributed by atoms with Gasteiger partial charge in [-0.1, -0.05) is 42.7 Å². The number of terminal acetylenes is 1. The van der Waals surface area contributed by atoms with Crippen LogP contribution in [0.15, 0.2) is 53.3 Å². The summed E-state index contributed by atoms with van der Waals surface area (Å²) < 4.78 is 0. The quantitative estimate of drug-likeness (QED) is 0.380. The standard InChI is InChI=1S/C22H24N4O.ClH/c1-2-13-23-14-6-3-7-15-24-18-10-8-9-17(16-18)21-19-11-4-5-12-20(19)22(27)26-25-21;/h1,4-5,8-12,16,23-24H,3,6-7,13-15H2,(H,26,27);1H. The van der Waals surface area contributed by atoms with Gasteiger partial charge in [0.2, 0.25) is 0 Å². The molecule has 0 amide bonds. The lowest BCUT2D eigenvalue weighted by molar-refractivity contribution is 0.641. The smallest absolute Gasteiger partial charge is 0.272 e. The Bertz CT molecular complexity index is 993. The van der Waals surface area contributed by atoms with Crippen molar-refractivity contribution in [3.63, 3.8) is 0 Å². The van der Waals surface area contributed by atoms with Crippen molar-refractivity contribution >= 4 is 28.9 Å². The fraction of sp³-hybridized carbons (Fsp3) is 0.273. The number of fused-ring (bicyclic) bond motifs is 1. The van der Waals surface area contributed by atoms with E-state index in [2.05, 4.69) is 32.8 Å². The van der Waals surface area contributed by atoms with Crippen LogP contribution >= 0.6 is 12.4 Å². The van der Waals surface area contributed by atoms with E-state index in [0.717, 1.165) is 54.7 Å². The minimum atomic E-state index is -0.166. The van der Waals surface area contributed by atoms with E-state index < -0.39 is 0 Å². The molecule has 0 fully saturated rings. The molecule has 6 heteroatoms. The number of halogens is 1. The molecule has 28 heavy (non-hydrogen) atoms. The first kappa shape index (κ1) is 21.5. The monoisotopic (exact) mass is 396 g/mol. The molecule has 0 bridgehead atoms. The molecular formula is C22H25ClN4O. The molecule has 146 valence electrons. The predicted octanol–water partition coefficient (Wildman–Crippen LogP) is 3.82. The molecule has 5 nitrogen and oxygen atoms in total. The van der Waals surface area contributed by atoms with Gasteiger partial charge in [0.15, 0.2) is 0 Å². The van der Waals surface area contributed by atoms with Gasteiger partial charge in [-0.25, -0.2) is 5.10 Å². The molecule has 2 aromatic carbocycles. The zero-order valence-electron chi connectivity index (χ0n) is 15.7. The Hall–Kier alpha value is -2.81. The second-order valence-corrected chi connectivity index (χ2v) is 6.40. The Labute approximate surface area is 171 Å². The average molecular weight is 397 g/mol. The van der Waals surface area contributed by atoms with Crippen LogP contribution < -0.4 is 16.2 Å². The fourth-order valence-electron chi connectivity index (χ4n) is 3.06. The van der Waals surface area contributed by atoms with E-state index in [-0.39, 0.29) is 18.0 Å². The molecule has 0 spiro atoms. The van der Waals surface area contributed by atoms with E-state index in [1.807, 2.05) is 42.5 Å². The van der Waals surface area contributed by atoms with E-state index in [1.165, 1.54) is 0 Å². The van der Waals surface area contributed by atoms with Gasteiger partial charge in [-0.3, -0.25) is 4.79 Å². The molecule has 3 rings (SSSR count). The minimum absolute atomic E-state index is 0. The van der Waals surface area contributed by atoms with Crippen LogP contribution in [-0.4, -0.2) is 29.8 Å². The van der Waals surface area contributed by atoms with Crippen LogP contribution in [0.25, 0.3) is 22.0 Å². The maximum Gasteiger partial charge on any atom is 0.272 e. The average Bonchev–Trinajstić information content (AvgIpc) is 2.71. The second-order valence-electron chi connectivity index (χ2n) is 6.40. The number of anilines is 1. The highest BCUT2D eigenvalue weighted by Gasteiger charge is 2.08. The summed E-state index contributed by atoms with van der Waals surface area (Å²) in [5.74, 6) is 2.58. The summed E-state index contributed by atoms with van der Waals surface area (Å²) in [5.41, 5.74) is 2.65. The third-order valence-corrected chi connectivity index (χ3v) is 4.42. The fourth-order valence-corrected chi connectivity index (χ4v) is 3.06. The van der Waals surface area contributed by atoms with Gasteiger partial charge in [0.1, 0.15) is 0 Å². The number of aromatic nitrogens is 2. The lowest BCUT2D eigenvalue weighted by Crippen LogP contribution is -2.15. The highest BCUT2D eigenvalue weighted by atomic mass is 35.5. The van der Waals surface area contributed by atoms with Gasteiger partial charge < -0.3 is 10.6 Å². The molecule has 0 aliphatic carbocycles. The second kappa shape index (κ2) is 11.1. The predicted molar refractivity (Wildman–Crippen MR) is 119 cm³/mol. The van der Waals surface area contributed by atoms with Gasteiger partial charge >= 0.3 is 0 Å². The third kappa shape index (κ3) is 5.59. The number of unbranched alkanes of at least 4 members (excludes halogenated alkanes) is 2. The molecule has 0 aliphatic rings. The molecule has 3 aromatic rings. The Kier molecular flexibility index (Phi) is 8.54. The van der Waals surface area contributed by atoms with Gasteiger partial charge in [0.25, 0.3) is 5.56 Å². The molecular weight excluding hydrogens is 372 g/mol. The number of nitrogens with zero attached hydrogens (tertiary/aromatic N) is 1. The number of H-pyrrole nitrogens is 1. The van der Waals surface area contributed by atoms with Crippen molar-refractivity contribution in [3.05, 3.63) is 58.9 Å². The maximum atomic E-state index is 12.0. The number of hydrogen-bond donors (Lipinski definition) is 3. The first-order valence-corrected chi connectivity index (χ1v) is 9.25. The summed E-state index contributed by atoms with van der Waals surface area (Å²) in [6, 6.07) is 15.7. The number of hydrogen-bond acceptors (Lipinski definition) is 4. The number of benzene rings is 2. The summed E-state index contributed by atoms with van der Waals surface area (Å²) in [5, 5.41) is 15.0. The summed E-state index contributed by atoms with van der Waals surface area (Å²) in [6.45, 7) is 2.52. The summed E-state index contributed by atoms with van der Waals surface area (Å²) in [4.78, 5) is 12.0. The van der Waals surface area contributed by atoms with Crippen molar-refractivity contribution in [2.75, 3.05) is 25.0 Å².